The molecule has 0 unspecified atom stereocenters. The van der Waals surface area contributed by atoms with Gasteiger partial charge in [0.1, 0.15) is 6.04 Å². The average molecular weight is 418 g/mol. The van der Waals surface area contributed by atoms with Crippen LogP contribution in [0.4, 0.5) is 5.69 Å². The number of furan rings is 1. The van der Waals surface area contributed by atoms with Crippen LogP contribution in [-0.2, 0) is 4.79 Å². The van der Waals surface area contributed by atoms with E-state index >= 15 is 0 Å². The normalized spacial score (nSPS) is 14.9. The molecule has 6 nitrogen and oxygen atoms in total. The zero-order valence-corrected chi connectivity index (χ0v) is 17.9. The Morgan fingerprint density at radius 3 is 2.52 bits per heavy atom. The van der Waals surface area contributed by atoms with Crippen LogP contribution in [0.2, 0.25) is 0 Å². The first-order valence-corrected chi connectivity index (χ1v) is 10.7. The Morgan fingerprint density at radius 2 is 1.84 bits per heavy atom. The predicted octanol–water partition coefficient (Wildman–Crippen LogP) is 4.74. The van der Waals surface area contributed by atoms with Gasteiger partial charge in [0, 0.05) is 24.1 Å². The van der Waals surface area contributed by atoms with Gasteiger partial charge in [-0.05, 0) is 73.7 Å². The minimum Gasteiger partial charge on any atom is -0.459 e. The smallest absolute Gasteiger partial charge is 0.294 e. The molecule has 1 aliphatic rings. The Labute approximate surface area is 182 Å². The number of pyridine rings is 1. The van der Waals surface area contributed by atoms with Crippen molar-refractivity contribution in [3.8, 4) is 0 Å². The summed E-state index contributed by atoms with van der Waals surface area (Å²) >= 11 is 0. The number of carbonyl (C=O) groups excluding carboxylic acids is 2. The van der Waals surface area contributed by atoms with Crippen LogP contribution in [0.1, 0.15) is 59.0 Å². The summed E-state index contributed by atoms with van der Waals surface area (Å²) in [6.07, 6.45) is 8.89. The zero-order chi connectivity index (χ0) is 21.8. The lowest BCUT2D eigenvalue weighted by atomic mass is 10.0. The molecule has 6 heteroatoms. The number of hydrogen-bond acceptors (Lipinski definition) is 4. The van der Waals surface area contributed by atoms with Gasteiger partial charge in [-0.1, -0.05) is 25.0 Å². The first-order chi connectivity index (χ1) is 15.0. The lowest BCUT2D eigenvalue weighted by Gasteiger charge is -2.33. The highest BCUT2D eigenvalue weighted by atomic mass is 16.3. The monoisotopic (exact) mass is 417 g/mol. The summed E-state index contributed by atoms with van der Waals surface area (Å²) in [4.78, 5) is 32.9. The van der Waals surface area contributed by atoms with Gasteiger partial charge < -0.3 is 9.73 Å². The van der Waals surface area contributed by atoms with Gasteiger partial charge in [-0.25, -0.2) is 0 Å². The molecule has 1 saturated carbocycles. The van der Waals surface area contributed by atoms with Crippen molar-refractivity contribution in [2.24, 2.45) is 0 Å². The highest BCUT2D eigenvalue weighted by Gasteiger charge is 2.36. The van der Waals surface area contributed by atoms with Crippen molar-refractivity contribution < 1.29 is 14.0 Å². The van der Waals surface area contributed by atoms with Crippen molar-refractivity contribution in [3.63, 3.8) is 0 Å². The van der Waals surface area contributed by atoms with Crippen molar-refractivity contribution in [2.75, 3.05) is 4.90 Å². The Bertz CT molecular complexity index is 1040. The molecule has 0 saturated heterocycles. The van der Waals surface area contributed by atoms with Crippen LogP contribution >= 0.6 is 0 Å². The van der Waals surface area contributed by atoms with Crippen LogP contribution in [0, 0.1) is 13.8 Å². The molecule has 0 radical (unpaired) electrons. The summed E-state index contributed by atoms with van der Waals surface area (Å²) in [5.74, 6) is -0.366. The van der Waals surface area contributed by atoms with Crippen molar-refractivity contribution >= 4 is 17.5 Å². The van der Waals surface area contributed by atoms with Gasteiger partial charge in [-0.15, -0.1) is 0 Å². The second-order valence-electron chi connectivity index (χ2n) is 8.12. The summed E-state index contributed by atoms with van der Waals surface area (Å²) in [5, 5.41) is 3.18. The number of aromatic nitrogens is 1. The maximum absolute atomic E-state index is 13.7. The number of carbonyl (C=O) groups is 2. The highest BCUT2D eigenvalue weighted by molar-refractivity contribution is 6.09. The van der Waals surface area contributed by atoms with Crippen molar-refractivity contribution in [1.82, 2.24) is 10.3 Å². The van der Waals surface area contributed by atoms with Crippen molar-refractivity contribution in [1.29, 1.82) is 0 Å². The second kappa shape index (κ2) is 9.16. The summed E-state index contributed by atoms with van der Waals surface area (Å²) < 4.78 is 5.43. The summed E-state index contributed by atoms with van der Waals surface area (Å²) in [7, 11) is 0. The average Bonchev–Trinajstić information content (AvgIpc) is 3.48. The van der Waals surface area contributed by atoms with E-state index in [0.717, 1.165) is 36.8 Å². The number of amides is 2. The Morgan fingerprint density at radius 1 is 1.10 bits per heavy atom. The number of rotatable bonds is 6. The lowest BCUT2D eigenvalue weighted by molar-refractivity contribution is -0.123. The van der Waals surface area contributed by atoms with Crippen LogP contribution in [0.3, 0.4) is 0 Å². The van der Waals surface area contributed by atoms with E-state index in [4.69, 9.17) is 4.42 Å². The van der Waals surface area contributed by atoms with Crippen molar-refractivity contribution in [2.45, 2.75) is 51.6 Å². The molecule has 1 aromatic carbocycles. The first kappa shape index (κ1) is 20.8. The molecular formula is C25H27N3O3. The van der Waals surface area contributed by atoms with Crippen LogP contribution in [-0.4, -0.2) is 22.8 Å². The molecule has 0 aliphatic heterocycles. The number of benzene rings is 1. The first-order valence-electron chi connectivity index (χ1n) is 10.7. The molecule has 1 aliphatic carbocycles. The summed E-state index contributed by atoms with van der Waals surface area (Å²) in [6.45, 7) is 3.91. The quantitative estimate of drug-likeness (QED) is 0.629. The van der Waals surface area contributed by atoms with Gasteiger partial charge >= 0.3 is 0 Å². The SMILES string of the molecule is Cc1ccc(C)c(N(C(=O)c2ccco2)[C@H](C(=O)NC2CCCC2)c2ccncc2)c1. The molecule has 0 bridgehead atoms. The topological polar surface area (TPSA) is 75.4 Å². The molecule has 31 heavy (non-hydrogen) atoms. The Hall–Kier alpha value is -3.41. The maximum atomic E-state index is 13.7. The molecule has 1 atom stereocenters. The number of aryl methyl sites for hydroxylation is 2. The van der Waals surface area contributed by atoms with Crippen molar-refractivity contribution in [3.05, 3.63) is 83.6 Å². The third kappa shape index (κ3) is 4.53. The minimum atomic E-state index is -0.846. The molecule has 2 amide bonds. The molecule has 2 aromatic heterocycles. The fourth-order valence-corrected chi connectivity index (χ4v) is 4.18. The van der Waals surface area contributed by atoms with Gasteiger partial charge in [0.25, 0.3) is 5.91 Å². The predicted molar refractivity (Wildman–Crippen MR) is 119 cm³/mol. The number of nitrogens with zero attached hydrogens (tertiary/aromatic N) is 2. The summed E-state index contributed by atoms with van der Waals surface area (Å²) in [6, 6.07) is 12.1. The van der Waals surface area contributed by atoms with Crippen LogP contribution < -0.4 is 10.2 Å². The van der Waals surface area contributed by atoms with Gasteiger partial charge in [-0.3, -0.25) is 19.5 Å². The van der Waals surface area contributed by atoms with E-state index in [1.807, 2.05) is 32.0 Å². The number of nitrogens with one attached hydrogen (secondary N) is 1. The zero-order valence-electron chi connectivity index (χ0n) is 17.9. The van der Waals surface area contributed by atoms with Crippen LogP contribution in [0.5, 0.6) is 0 Å². The van der Waals surface area contributed by atoms with E-state index in [9.17, 15) is 9.59 Å². The Balaban J connectivity index is 1.83. The molecule has 1 N–H and O–H groups in total. The molecule has 2 heterocycles. The fourth-order valence-electron chi connectivity index (χ4n) is 4.18. The molecule has 3 aromatic rings. The number of anilines is 1. The second-order valence-corrected chi connectivity index (χ2v) is 8.12. The molecule has 160 valence electrons. The third-order valence-corrected chi connectivity index (χ3v) is 5.80. The maximum Gasteiger partial charge on any atom is 0.294 e. The van der Waals surface area contributed by atoms with E-state index in [0.29, 0.717) is 11.3 Å². The standard InChI is InChI=1S/C25H27N3O3/c1-17-9-10-18(2)21(16-17)28(25(30)22-8-5-15-31-22)23(19-11-13-26-14-12-19)24(29)27-20-6-3-4-7-20/h5,8-16,20,23H,3-4,6-7H2,1-2H3,(H,27,29)/t23-/m0/s1. The molecule has 4 rings (SSSR count). The van der Waals surface area contributed by atoms with Gasteiger partial charge in [0.15, 0.2) is 5.76 Å². The van der Waals surface area contributed by atoms with Gasteiger partial charge in [0.05, 0.1) is 6.26 Å². The number of hydrogen-bond donors (Lipinski definition) is 1. The van der Waals surface area contributed by atoms with E-state index in [1.54, 1.807) is 41.6 Å². The van der Waals surface area contributed by atoms with Crippen LogP contribution in [0.25, 0.3) is 0 Å². The van der Waals surface area contributed by atoms with Crippen LogP contribution in [0.15, 0.2) is 65.5 Å². The van der Waals surface area contributed by atoms with Gasteiger partial charge in [0.2, 0.25) is 5.91 Å². The molecular weight excluding hydrogens is 390 g/mol. The minimum absolute atomic E-state index is 0.135. The summed E-state index contributed by atoms with van der Waals surface area (Å²) in [5.41, 5.74) is 3.29. The highest BCUT2D eigenvalue weighted by Crippen LogP contribution is 2.33. The fraction of sp³-hybridized carbons (Fsp3) is 0.320. The van der Waals surface area contributed by atoms with E-state index in [1.165, 1.54) is 6.26 Å². The van der Waals surface area contributed by atoms with E-state index in [2.05, 4.69) is 10.3 Å². The Kier molecular flexibility index (Phi) is 6.16. The van der Waals surface area contributed by atoms with Gasteiger partial charge in [-0.2, -0.15) is 0 Å². The third-order valence-electron chi connectivity index (χ3n) is 5.80. The van der Waals surface area contributed by atoms with E-state index < -0.39 is 6.04 Å². The van der Waals surface area contributed by atoms with E-state index in [-0.39, 0.29) is 23.6 Å². The lowest BCUT2D eigenvalue weighted by Crippen LogP contribution is -2.46. The molecule has 0 spiro atoms. The molecule has 1 fully saturated rings. The largest absolute Gasteiger partial charge is 0.459 e.